The normalized spacial score (nSPS) is 14.2. The zero-order chi connectivity index (χ0) is 15.3. The lowest BCUT2D eigenvalue weighted by Gasteiger charge is -2.17. The van der Waals surface area contributed by atoms with E-state index in [2.05, 4.69) is 4.98 Å². The Hall–Kier alpha value is -1.96. The first-order valence-corrected chi connectivity index (χ1v) is 5.72. The van der Waals surface area contributed by atoms with Gasteiger partial charge < -0.3 is 5.11 Å². The Labute approximate surface area is 112 Å². The fourth-order valence-corrected chi connectivity index (χ4v) is 1.66. The number of hydrogen-bond donors (Lipinski definition) is 1. The van der Waals surface area contributed by atoms with Crippen LogP contribution in [0.25, 0.3) is 5.57 Å². The van der Waals surface area contributed by atoms with Gasteiger partial charge in [0.1, 0.15) is 6.20 Å². The molecule has 0 aliphatic rings. The van der Waals surface area contributed by atoms with Crippen LogP contribution in [0.3, 0.4) is 0 Å². The van der Waals surface area contributed by atoms with Crippen LogP contribution in [0.5, 0.6) is 0 Å². The minimum Gasteiger partial charge on any atom is -0.392 e. The number of aliphatic hydroxyl groups excluding tert-OH is 1. The number of aliphatic hydroxyl groups is 1. The van der Waals surface area contributed by atoms with E-state index in [9.17, 15) is 23.3 Å². The quantitative estimate of drug-likeness (QED) is 0.668. The largest absolute Gasteiger partial charge is 0.392 e. The van der Waals surface area contributed by atoms with E-state index >= 15 is 0 Å². The molecule has 0 aliphatic carbocycles. The first-order chi connectivity index (χ1) is 9.27. The summed E-state index contributed by atoms with van der Waals surface area (Å²) in [7, 11) is 0. The summed E-state index contributed by atoms with van der Waals surface area (Å²) < 4.78 is 37.8. The number of nitro groups is 1. The van der Waals surface area contributed by atoms with Crippen LogP contribution in [0, 0.1) is 16.0 Å². The Morgan fingerprint density at radius 1 is 1.60 bits per heavy atom. The average Bonchev–Trinajstić information content (AvgIpc) is 2.37. The fraction of sp³-hybridized carbons (Fsp3) is 0.417. The summed E-state index contributed by atoms with van der Waals surface area (Å²) in [6.45, 7) is 0.484. The van der Waals surface area contributed by atoms with Crippen molar-refractivity contribution >= 4 is 11.3 Å². The lowest BCUT2D eigenvalue weighted by Crippen LogP contribution is -2.20. The average molecular weight is 290 g/mol. The highest BCUT2D eigenvalue weighted by Crippen LogP contribution is 2.36. The maximum absolute atomic E-state index is 12.6. The molecule has 0 bridgehead atoms. The van der Waals surface area contributed by atoms with Gasteiger partial charge in [-0.05, 0) is 18.1 Å². The molecule has 1 aromatic rings. The maximum Gasteiger partial charge on any atom is 0.391 e. The van der Waals surface area contributed by atoms with Gasteiger partial charge >= 0.3 is 6.18 Å². The van der Waals surface area contributed by atoms with Gasteiger partial charge in [-0.1, -0.05) is 13.0 Å². The second-order valence-corrected chi connectivity index (χ2v) is 4.21. The van der Waals surface area contributed by atoms with E-state index < -0.39 is 30.0 Å². The number of alkyl halides is 3. The SMILES string of the molecule is CC(C/C(=C/CO)c1ccncc1[N+](=O)[O-])C(F)(F)F. The molecule has 8 heteroatoms. The van der Waals surface area contributed by atoms with Gasteiger partial charge in [-0.15, -0.1) is 0 Å². The lowest BCUT2D eigenvalue weighted by atomic mass is 9.94. The zero-order valence-corrected chi connectivity index (χ0v) is 10.6. The molecular weight excluding hydrogens is 277 g/mol. The number of halogens is 3. The number of allylic oxidation sites excluding steroid dienone is 1. The number of pyridine rings is 1. The Morgan fingerprint density at radius 2 is 2.25 bits per heavy atom. The van der Waals surface area contributed by atoms with Crippen molar-refractivity contribution in [1.29, 1.82) is 0 Å². The Balaban J connectivity index is 3.17. The molecule has 1 unspecified atom stereocenters. The number of hydrogen-bond acceptors (Lipinski definition) is 4. The summed E-state index contributed by atoms with van der Waals surface area (Å²) >= 11 is 0. The van der Waals surface area contributed by atoms with E-state index in [1.165, 1.54) is 12.3 Å². The number of rotatable bonds is 5. The highest BCUT2D eigenvalue weighted by molar-refractivity contribution is 5.72. The number of aromatic nitrogens is 1. The smallest absolute Gasteiger partial charge is 0.391 e. The molecule has 1 N–H and O–H groups in total. The first kappa shape index (κ1) is 16.1. The second-order valence-electron chi connectivity index (χ2n) is 4.21. The molecule has 0 aliphatic heterocycles. The van der Waals surface area contributed by atoms with Crippen LogP contribution in [0.4, 0.5) is 18.9 Å². The third-order valence-corrected chi connectivity index (χ3v) is 2.77. The minimum atomic E-state index is -4.41. The standard InChI is InChI=1S/C12H13F3N2O3/c1-8(12(13,14)15)6-9(3-5-18)10-2-4-16-7-11(10)17(19)20/h2-4,7-8,18H,5-6H2,1H3/b9-3-. The summed E-state index contributed by atoms with van der Waals surface area (Å²) in [5, 5.41) is 19.8. The van der Waals surface area contributed by atoms with Gasteiger partial charge in [-0.2, -0.15) is 13.2 Å². The van der Waals surface area contributed by atoms with E-state index in [1.54, 1.807) is 0 Å². The molecule has 0 amide bonds. The molecule has 1 aromatic heterocycles. The third-order valence-electron chi connectivity index (χ3n) is 2.77. The first-order valence-electron chi connectivity index (χ1n) is 5.72. The topological polar surface area (TPSA) is 76.3 Å². The van der Waals surface area contributed by atoms with Gasteiger partial charge in [0.2, 0.25) is 0 Å². The van der Waals surface area contributed by atoms with Crippen molar-refractivity contribution in [1.82, 2.24) is 4.98 Å². The Bertz CT molecular complexity index is 515. The van der Waals surface area contributed by atoms with Crippen molar-refractivity contribution in [3.8, 4) is 0 Å². The van der Waals surface area contributed by atoms with Crippen LogP contribution in [0.15, 0.2) is 24.5 Å². The van der Waals surface area contributed by atoms with Gasteiger partial charge in [0.15, 0.2) is 0 Å². The molecule has 110 valence electrons. The highest BCUT2D eigenvalue weighted by atomic mass is 19.4. The third kappa shape index (κ3) is 4.02. The van der Waals surface area contributed by atoms with Gasteiger partial charge in [0, 0.05) is 6.20 Å². The summed E-state index contributed by atoms with van der Waals surface area (Å²) in [5.41, 5.74) is -0.275. The summed E-state index contributed by atoms with van der Waals surface area (Å²) in [6.07, 6.45) is -1.49. The van der Waals surface area contributed by atoms with Crippen molar-refractivity contribution in [2.75, 3.05) is 6.61 Å². The van der Waals surface area contributed by atoms with Gasteiger partial charge in [-0.3, -0.25) is 15.1 Å². The predicted octanol–water partition coefficient (Wildman–Crippen LogP) is 2.95. The fourth-order valence-electron chi connectivity index (χ4n) is 1.66. The van der Waals surface area contributed by atoms with Gasteiger partial charge in [0.25, 0.3) is 5.69 Å². The van der Waals surface area contributed by atoms with E-state index in [-0.39, 0.29) is 16.8 Å². The monoisotopic (exact) mass is 290 g/mol. The van der Waals surface area contributed by atoms with Crippen LogP contribution >= 0.6 is 0 Å². The molecular formula is C12H13F3N2O3. The van der Waals surface area contributed by atoms with E-state index in [4.69, 9.17) is 5.11 Å². The molecule has 0 fully saturated rings. The van der Waals surface area contributed by atoms with Crippen LogP contribution in [-0.2, 0) is 0 Å². The van der Waals surface area contributed by atoms with Crippen molar-refractivity contribution in [3.05, 3.63) is 40.2 Å². The predicted molar refractivity (Wildman–Crippen MR) is 65.8 cm³/mol. The van der Waals surface area contributed by atoms with Gasteiger partial charge in [0.05, 0.1) is 23.0 Å². The molecule has 0 saturated heterocycles. The second kappa shape index (κ2) is 6.47. The van der Waals surface area contributed by atoms with Crippen LogP contribution in [0.2, 0.25) is 0 Å². The highest BCUT2D eigenvalue weighted by Gasteiger charge is 2.36. The lowest BCUT2D eigenvalue weighted by molar-refractivity contribution is -0.385. The van der Waals surface area contributed by atoms with Crippen LogP contribution in [0.1, 0.15) is 18.9 Å². The molecule has 1 rings (SSSR count). The molecule has 20 heavy (non-hydrogen) atoms. The molecule has 0 aromatic carbocycles. The van der Waals surface area contributed by atoms with E-state index in [0.29, 0.717) is 0 Å². The summed E-state index contributed by atoms with van der Waals surface area (Å²) in [6, 6.07) is 1.27. The Morgan fingerprint density at radius 3 is 2.75 bits per heavy atom. The molecule has 5 nitrogen and oxygen atoms in total. The van der Waals surface area contributed by atoms with Crippen LogP contribution < -0.4 is 0 Å². The minimum absolute atomic E-state index is 0.0372. The van der Waals surface area contributed by atoms with Crippen molar-refractivity contribution in [2.24, 2.45) is 5.92 Å². The van der Waals surface area contributed by atoms with Crippen molar-refractivity contribution in [2.45, 2.75) is 19.5 Å². The molecule has 1 heterocycles. The van der Waals surface area contributed by atoms with E-state index in [0.717, 1.165) is 19.2 Å². The van der Waals surface area contributed by atoms with Crippen molar-refractivity contribution < 1.29 is 23.2 Å². The summed E-state index contributed by atoms with van der Waals surface area (Å²) in [5.74, 6) is -1.67. The van der Waals surface area contributed by atoms with Crippen LogP contribution in [-0.4, -0.2) is 27.8 Å². The molecule has 0 radical (unpaired) electrons. The zero-order valence-electron chi connectivity index (χ0n) is 10.6. The van der Waals surface area contributed by atoms with E-state index in [1.807, 2.05) is 0 Å². The number of nitrogens with zero attached hydrogens (tertiary/aromatic N) is 2. The Kier molecular flexibility index (Phi) is 5.20. The van der Waals surface area contributed by atoms with Gasteiger partial charge in [-0.25, -0.2) is 0 Å². The molecule has 0 saturated carbocycles. The van der Waals surface area contributed by atoms with Crippen molar-refractivity contribution in [3.63, 3.8) is 0 Å². The maximum atomic E-state index is 12.6. The molecule has 1 atom stereocenters. The summed E-state index contributed by atoms with van der Waals surface area (Å²) in [4.78, 5) is 13.7. The molecule has 0 spiro atoms.